The van der Waals surface area contributed by atoms with Gasteiger partial charge in [0.05, 0.1) is 34.2 Å². The number of rotatable bonds is 1. The van der Waals surface area contributed by atoms with Crippen LogP contribution < -0.4 is 10.6 Å². The van der Waals surface area contributed by atoms with Crippen molar-refractivity contribution in [1.82, 2.24) is 24.3 Å². The molecule has 37 heavy (non-hydrogen) atoms. The maximum Gasteiger partial charge on any atom is 0.258 e. The van der Waals surface area contributed by atoms with Gasteiger partial charge in [-0.25, -0.2) is 9.19 Å². The summed E-state index contributed by atoms with van der Waals surface area (Å²) in [5, 5.41) is 11.0. The van der Waals surface area contributed by atoms with E-state index in [0.29, 0.717) is 35.4 Å². The second kappa shape index (κ2) is 9.62. The summed E-state index contributed by atoms with van der Waals surface area (Å²) in [6.07, 6.45) is 6.94. The molecule has 11 heteroatoms. The van der Waals surface area contributed by atoms with Crippen LogP contribution in [-0.2, 0) is 23.3 Å². The highest BCUT2D eigenvalue weighted by molar-refractivity contribution is 7.92. The van der Waals surface area contributed by atoms with Gasteiger partial charge in [0.15, 0.2) is 0 Å². The monoisotopic (exact) mass is 520 g/mol. The molecule has 1 atom stereocenters. The predicted molar refractivity (Wildman–Crippen MR) is 148 cm³/mol. The van der Waals surface area contributed by atoms with Crippen LogP contribution in [0.1, 0.15) is 35.8 Å². The molecule has 1 aliphatic rings. The molecular formula is C26H32N8O2S. The number of nitrogens with one attached hydrogen (secondary N) is 2. The Morgan fingerprint density at radius 1 is 1.16 bits per heavy atom. The van der Waals surface area contributed by atoms with Crippen molar-refractivity contribution in [2.75, 3.05) is 29.7 Å². The number of amides is 1. The summed E-state index contributed by atoms with van der Waals surface area (Å²) in [6.45, 7) is 5.52. The van der Waals surface area contributed by atoms with Gasteiger partial charge in [0.2, 0.25) is 5.95 Å². The Balaban J connectivity index is 1.62. The zero-order valence-electron chi connectivity index (χ0n) is 21.8. The average Bonchev–Trinajstić information content (AvgIpc) is 3.34. The number of benzene rings is 1. The molecule has 0 fully saturated rings. The summed E-state index contributed by atoms with van der Waals surface area (Å²) in [4.78, 5) is 22.9. The van der Waals surface area contributed by atoms with Crippen LogP contribution in [0.25, 0.3) is 22.3 Å². The molecule has 1 aliphatic heterocycles. The fraction of sp³-hybridized carbons (Fsp3) is 0.385. The third kappa shape index (κ3) is 5.36. The lowest BCUT2D eigenvalue weighted by Crippen LogP contribution is -2.18. The summed E-state index contributed by atoms with van der Waals surface area (Å²) in [5.74, 6) is 1.41. The van der Waals surface area contributed by atoms with E-state index >= 15 is 0 Å². The number of anilines is 2. The maximum atomic E-state index is 13.5. The molecule has 0 aliphatic carbocycles. The molecular weight excluding hydrogens is 488 g/mol. The van der Waals surface area contributed by atoms with Crippen LogP contribution in [0, 0.1) is 12.8 Å². The van der Waals surface area contributed by atoms with Crippen molar-refractivity contribution in [1.29, 1.82) is 0 Å². The van der Waals surface area contributed by atoms with Crippen LogP contribution in [0.3, 0.4) is 0 Å². The molecule has 1 aromatic carbocycles. The summed E-state index contributed by atoms with van der Waals surface area (Å²) in [5.41, 5.74) is 4.99. The standard InChI is InChI=1S/C26H32N8O2S/c1-16-7-6-10-27-24-20(14-28-33(24)3)22-12-18(11-17(2)29-22)25(35)31-26-30-21-9-8-19(32-37(4,5)36)13-23(21)34(26)15-16/h8-9,11-14,16,27H,6-7,10,15H2,1-5H3,(H,30,31,35)/t16-/m1/s1. The molecule has 2 bridgehead atoms. The fourth-order valence-corrected chi connectivity index (χ4v) is 5.33. The van der Waals surface area contributed by atoms with Crippen LogP contribution >= 0.6 is 0 Å². The molecule has 0 saturated carbocycles. The van der Waals surface area contributed by atoms with Gasteiger partial charge in [-0.2, -0.15) is 9.46 Å². The van der Waals surface area contributed by atoms with Crippen molar-refractivity contribution >= 4 is 44.1 Å². The van der Waals surface area contributed by atoms with Gasteiger partial charge in [-0.15, -0.1) is 0 Å². The molecule has 10 nitrogen and oxygen atoms in total. The number of carbonyl (C=O) groups excluding carboxylic acids is 1. The van der Waals surface area contributed by atoms with Gasteiger partial charge in [-0.1, -0.05) is 6.92 Å². The summed E-state index contributed by atoms with van der Waals surface area (Å²) < 4.78 is 20.5. The summed E-state index contributed by atoms with van der Waals surface area (Å²) >= 11 is 0. The van der Waals surface area contributed by atoms with E-state index in [1.54, 1.807) is 35.5 Å². The second-order valence-electron chi connectivity index (χ2n) is 10.0. The minimum atomic E-state index is -2.31. The van der Waals surface area contributed by atoms with Gasteiger partial charge < -0.3 is 9.88 Å². The predicted octanol–water partition coefficient (Wildman–Crippen LogP) is 4.59. The first-order valence-corrected chi connectivity index (χ1v) is 14.6. The van der Waals surface area contributed by atoms with E-state index in [4.69, 9.17) is 4.98 Å². The number of fused-ring (bicyclic) bond motifs is 7. The van der Waals surface area contributed by atoms with Gasteiger partial charge in [0.1, 0.15) is 5.82 Å². The average molecular weight is 521 g/mol. The molecule has 0 saturated heterocycles. The number of pyridine rings is 1. The Hall–Kier alpha value is -3.73. The van der Waals surface area contributed by atoms with E-state index in [-0.39, 0.29) is 5.91 Å². The van der Waals surface area contributed by atoms with Gasteiger partial charge in [0, 0.05) is 53.6 Å². The van der Waals surface area contributed by atoms with E-state index in [9.17, 15) is 9.00 Å². The quantitative estimate of drug-likeness (QED) is 0.379. The molecule has 0 radical (unpaired) electrons. The smallest absolute Gasteiger partial charge is 0.258 e. The fourth-order valence-electron chi connectivity index (χ4n) is 4.71. The van der Waals surface area contributed by atoms with E-state index in [2.05, 4.69) is 32.0 Å². The first-order valence-electron chi connectivity index (χ1n) is 12.3. The Bertz CT molecular complexity index is 1620. The highest BCUT2D eigenvalue weighted by Gasteiger charge is 2.20. The van der Waals surface area contributed by atoms with Gasteiger partial charge >= 0.3 is 0 Å². The van der Waals surface area contributed by atoms with Crippen LogP contribution in [-0.4, -0.2) is 53.5 Å². The van der Waals surface area contributed by atoms with Gasteiger partial charge in [-0.05, 0) is 56.0 Å². The molecule has 4 aromatic rings. The number of aryl methyl sites for hydroxylation is 2. The third-order valence-corrected chi connectivity index (χ3v) is 7.02. The van der Waals surface area contributed by atoms with Crippen LogP contribution in [0.5, 0.6) is 0 Å². The van der Waals surface area contributed by atoms with E-state index in [1.807, 2.05) is 36.7 Å². The van der Waals surface area contributed by atoms with E-state index in [0.717, 1.165) is 47.5 Å². The van der Waals surface area contributed by atoms with E-state index < -0.39 is 9.73 Å². The Morgan fingerprint density at radius 2 is 1.97 bits per heavy atom. The van der Waals surface area contributed by atoms with Crippen molar-refractivity contribution in [3.63, 3.8) is 0 Å². The number of carbonyl (C=O) groups is 1. The zero-order chi connectivity index (χ0) is 26.3. The minimum absolute atomic E-state index is 0.265. The van der Waals surface area contributed by atoms with Crippen molar-refractivity contribution in [2.45, 2.75) is 33.2 Å². The lowest BCUT2D eigenvalue weighted by atomic mass is 10.1. The van der Waals surface area contributed by atoms with Crippen molar-refractivity contribution in [3.05, 3.63) is 47.8 Å². The Kier molecular flexibility index (Phi) is 6.49. The maximum absolute atomic E-state index is 13.5. The third-order valence-electron chi connectivity index (χ3n) is 6.37. The topological polar surface area (TPSA) is 119 Å². The Morgan fingerprint density at radius 3 is 2.76 bits per heavy atom. The highest BCUT2D eigenvalue weighted by atomic mass is 32.2. The lowest BCUT2D eigenvalue weighted by molar-refractivity contribution is 0.102. The SMILES string of the molecule is Cc1cc2cc(n1)-c1cnn(C)c1NCCC[C@@H](C)Cn1c(nc3ccc(N=S(C)(C)=O)cc31)NC2=O. The summed E-state index contributed by atoms with van der Waals surface area (Å²) in [7, 11) is -0.417. The minimum Gasteiger partial charge on any atom is -0.370 e. The number of aromatic nitrogens is 5. The largest absolute Gasteiger partial charge is 0.370 e. The molecule has 194 valence electrons. The van der Waals surface area contributed by atoms with Crippen molar-refractivity contribution in [3.8, 4) is 11.3 Å². The number of hydrogen-bond donors (Lipinski definition) is 2. The Labute approximate surface area is 216 Å². The molecule has 0 unspecified atom stereocenters. The number of hydrogen-bond acceptors (Lipinski definition) is 7. The molecule has 5 rings (SSSR count). The van der Waals surface area contributed by atoms with Gasteiger partial charge in [-0.3, -0.25) is 19.8 Å². The second-order valence-corrected chi connectivity index (χ2v) is 12.6. The zero-order valence-corrected chi connectivity index (χ0v) is 22.6. The lowest BCUT2D eigenvalue weighted by Gasteiger charge is -2.16. The normalized spacial score (nSPS) is 16.7. The van der Waals surface area contributed by atoms with Crippen molar-refractivity contribution < 1.29 is 9.00 Å². The van der Waals surface area contributed by atoms with Crippen molar-refractivity contribution in [2.24, 2.45) is 17.3 Å². The number of imidazole rings is 1. The van der Waals surface area contributed by atoms with E-state index in [1.165, 1.54) is 0 Å². The highest BCUT2D eigenvalue weighted by Crippen LogP contribution is 2.30. The number of nitrogens with zero attached hydrogens (tertiary/aromatic N) is 6. The first-order chi connectivity index (χ1) is 17.6. The summed E-state index contributed by atoms with van der Waals surface area (Å²) in [6, 6.07) is 9.12. The molecule has 2 N–H and O–H groups in total. The van der Waals surface area contributed by atoms with Gasteiger partial charge in [0.25, 0.3) is 5.91 Å². The van der Waals surface area contributed by atoms with Crippen LogP contribution in [0.15, 0.2) is 40.9 Å². The molecule has 0 spiro atoms. The molecule has 1 amide bonds. The first kappa shape index (κ1) is 24.9. The molecule has 3 aromatic heterocycles. The molecule has 4 heterocycles. The van der Waals surface area contributed by atoms with Crippen LogP contribution in [0.4, 0.5) is 17.5 Å². The van der Waals surface area contributed by atoms with Crippen LogP contribution in [0.2, 0.25) is 0 Å².